The second kappa shape index (κ2) is 4.66. The standard InChI is InChI=1S/C16H21NO2/c1-12-13-6-3-4-7-14(13)17-9-11-19-16(2,15(12)17)8-5-10-18/h3-4,6-7,18H,5,8-11H2,1-2H3. The fourth-order valence-corrected chi connectivity index (χ4v) is 3.43. The Morgan fingerprint density at radius 2 is 2.16 bits per heavy atom. The molecule has 1 unspecified atom stereocenters. The quantitative estimate of drug-likeness (QED) is 0.919. The van der Waals surface area contributed by atoms with E-state index in [-0.39, 0.29) is 12.2 Å². The number of ether oxygens (including phenoxy) is 1. The second-order valence-electron chi connectivity index (χ2n) is 5.55. The Kier molecular flexibility index (Phi) is 3.11. The molecule has 1 aromatic carbocycles. The van der Waals surface area contributed by atoms with E-state index < -0.39 is 0 Å². The van der Waals surface area contributed by atoms with E-state index in [4.69, 9.17) is 9.84 Å². The van der Waals surface area contributed by atoms with Gasteiger partial charge < -0.3 is 14.4 Å². The number of aryl methyl sites for hydroxylation is 1. The number of aliphatic hydroxyl groups excluding tert-OH is 1. The van der Waals surface area contributed by atoms with Crippen LogP contribution in [0.1, 0.15) is 31.0 Å². The highest BCUT2D eigenvalue weighted by Crippen LogP contribution is 2.40. The number of aromatic nitrogens is 1. The number of aliphatic hydroxyl groups is 1. The van der Waals surface area contributed by atoms with E-state index in [1.54, 1.807) is 0 Å². The Hall–Kier alpha value is -1.32. The molecular weight excluding hydrogens is 238 g/mol. The third-order valence-electron chi connectivity index (χ3n) is 4.27. The SMILES string of the molecule is Cc1c2n(c3ccccc13)CCOC2(C)CCCO. The number of rotatable bonds is 3. The van der Waals surface area contributed by atoms with E-state index in [9.17, 15) is 0 Å². The fraction of sp³-hybridized carbons (Fsp3) is 0.500. The first kappa shape index (κ1) is 12.7. The van der Waals surface area contributed by atoms with Gasteiger partial charge in [-0.2, -0.15) is 0 Å². The van der Waals surface area contributed by atoms with E-state index in [0.717, 1.165) is 26.0 Å². The topological polar surface area (TPSA) is 34.4 Å². The van der Waals surface area contributed by atoms with Crippen LogP contribution >= 0.6 is 0 Å². The van der Waals surface area contributed by atoms with E-state index in [1.165, 1.54) is 22.2 Å². The van der Waals surface area contributed by atoms with E-state index in [2.05, 4.69) is 42.7 Å². The molecule has 102 valence electrons. The van der Waals surface area contributed by atoms with Crippen LogP contribution < -0.4 is 0 Å². The van der Waals surface area contributed by atoms with Crippen LogP contribution in [-0.2, 0) is 16.9 Å². The van der Waals surface area contributed by atoms with E-state index >= 15 is 0 Å². The van der Waals surface area contributed by atoms with Crippen LogP contribution in [0.25, 0.3) is 10.9 Å². The summed E-state index contributed by atoms with van der Waals surface area (Å²) >= 11 is 0. The second-order valence-corrected chi connectivity index (χ2v) is 5.55. The first-order chi connectivity index (χ1) is 9.17. The van der Waals surface area contributed by atoms with Crippen LogP contribution in [-0.4, -0.2) is 22.9 Å². The molecule has 0 fully saturated rings. The molecular formula is C16H21NO2. The molecule has 0 saturated heterocycles. The maximum Gasteiger partial charge on any atom is 0.106 e. The fourth-order valence-electron chi connectivity index (χ4n) is 3.43. The number of hydrogen-bond donors (Lipinski definition) is 1. The number of para-hydroxylation sites is 1. The molecule has 2 heterocycles. The van der Waals surface area contributed by atoms with Gasteiger partial charge in [0.05, 0.1) is 12.3 Å². The molecule has 1 N–H and O–H groups in total. The Bertz CT molecular complexity index is 602. The van der Waals surface area contributed by atoms with Gasteiger partial charge in [0.25, 0.3) is 0 Å². The van der Waals surface area contributed by atoms with Crippen LogP contribution in [0.5, 0.6) is 0 Å². The summed E-state index contributed by atoms with van der Waals surface area (Å²) in [5.74, 6) is 0. The van der Waals surface area contributed by atoms with Gasteiger partial charge in [-0.3, -0.25) is 0 Å². The zero-order valence-electron chi connectivity index (χ0n) is 11.6. The highest BCUT2D eigenvalue weighted by atomic mass is 16.5. The molecule has 3 nitrogen and oxygen atoms in total. The average molecular weight is 259 g/mol. The summed E-state index contributed by atoms with van der Waals surface area (Å²) in [4.78, 5) is 0. The van der Waals surface area contributed by atoms with Gasteiger partial charge in [-0.25, -0.2) is 0 Å². The molecule has 1 aliphatic heterocycles. The van der Waals surface area contributed by atoms with Crippen molar-refractivity contribution in [1.82, 2.24) is 4.57 Å². The minimum Gasteiger partial charge on any atom is -0.396 e. The lowest BCUT2D eigenvalue weighted by Crippen LogP contribution is -2.36. The molecule has 0 spiro atoms. The van der Waals surface area contributed by atoms with Gasteiger partial charge in [0.1, 0.15) is 5.60 Å². The van der Waals surface area contributed by atoms with Gasteiger partial charge in [-0.05, 0) is 38.3 Å². The molecule has 0 radical (unpaired) electrons. The summed E-state index contributed by atoms with van der Waals surface area (Å²) < 4.78 is 8.47. The molecule has 0 bridgehead atoms. The molecule has 1 atom stereocenters. The predicted octanol–water partition coefficient (Wildman–Crippen LogP) is 2.97. The summed E-state index contributed by atoms with van der Waals surface area (Å²) in [5, 5.41) is 10.4. The molecule has 3 heteroatoms. The minimum atomic E-state index is -0.274. The van der Waals surface area contributed by atoms with Crippen molar-refractivity contribution in [3.05, 3.63) is 35.5 Å². The maximum absolute atomic E-state index is 9.11. The third-order valence-corrected chi connectivity index (χ3v) is 4.27. The normalized spacial score (nSPS) is 22.7. The van der Waals surface area contributed by atoms with E-state index in [1.807, 2.05) is 0 Å². The van der Waals surface area contributed by atoms with Gasteiger partial charge in [-0.15, -0.1) is 0 Å². The van der Waals surface area contributed by atoms with Crippen molar-refractivity contribution in [3.8, 4) is 0 Å². The monoisotopic (exact) mass is 259 g/mol. The first-order valence-electron chi connectivity index (χ1n) is 7.00. The highest BCUT2D eigenvalue weighted by molar-refractivity contribution is 5.85. The number of benzene rings is 1. The van der Waals surface area contributed by atoms with Crippen molar-refractivity contribution < 1.29 is 9.84 Å². The smallest absolute Gasteiger partial charge is 0.106 e. The molecule has 1 aliphatic rings. The van der Waals surface area contributed by atoms with Crippen molar-refractivity contribution in [1.29, 1.82) is 0 Å². The lowest BCUT2D eigenvalue weighted by Gasteiger charge is -2.36. The van der Waals surface area contributed by atoms with Crippen LogP contribution in [0.4, 0.5) is 0 Å². The third kappa shape index (κ3) is 1.88. The van der Waals surface area contributed by atoms with Crippen molar-refractivity contribution in [2.45, 2.75) is 38.8 Å². The average Bonchev–Trinajstić information content (AvgIpc) is 2.73. The zero-order valence-corrected chi connectivity index (χ0v) is 11.6. The van der Waals surface area contributed by atoms with Crippen LogP contribution in [0.15, 0.2) is 24.3 Å². The Morgan fingerprint density at radius 1 is 1.37 bits per heavy atom. The van der Waals surface area contributed by atoms with Gasteiger partial charge in [0, 0.05) is 24.1 Å². The summed E-state index contributed by atoms with van der Waals surface area (Å²) in [6.45, 7) is 6.21. The van der Waals surface area contributed by atoms with Crippen LogP contribution in [0, 0.1) is 6.92 Å². The van der Waals surface area contributed by atoms with Crippen LogP contribution in [0.3, 0.4) is 0 Å². The molecule has 2 aromatic rings. The maximum atomic E-state index is 9.11. The van der Waals surface area contributed by atoms with Gasteiger partial charge in [0.2, 0.25) is 0 Å². The van der Waals surface area contributed by atoms with Crippen molar-refractivity contribution in [2.75, 3.05) is 13.2 Å². The van der Waals surface area contributed by atoms with Crippen molar-refractivity contribution >= 4 is 10.9 Å². The largest absolute Gasteiger partial charge is 0.396 e. The lowest BCUT2D eigenvalue weighted by molar-refractivity contribution is -0.0722. The lowest BCUT2D eigenvalue weighted by atomic mass is 9.91. The van der Waals surface area contributed by atoms with Crippen molar-refractivity contribution in [2.24, 2.45) is 0 Å². The molecule has 0 saturated carbocycles. The Labute approximate surface area is 113 Å². The molecule has 0 amide bonds. The van der Waals surface area contributed by atoms with Crippen LogP contribution in [0.2, 0.25) is 0 Å². The van der Waals surface area contributed by atoms with Crippen molar-refractivity contribution in [3.63, 3.8) is 0 Å². The number of fused-ring (bicyclic) bond motifs is 3. The first-order valence-corrected chi connectivity index (χ1v) is 7.00. The summed E-state index contributed by atoms with van der Waals surface area (Å²) in [6, 6.07) is 8.55. The predicted molar refractivity (Wildman–Crippen MR) is 76.3 cm³/mol. The highest BCUT2D eigenvalue weighted by Gasteiger charge is 2.36. The zero-order chi connectivity index (χ0) is 13.5. The van der Waals surface area contributed by atoms with E-state index in [0.29, 0.717) is 0 Å². The molecule has 1 aromatic heterocycles. The van der Waals surface area contributed by atoms with Gasteiger partial charge in [-0.1, -0.05) is 18.2 Å². The Balaban J connectivity index is 2.19. The molecule has 19 heavy (non-hydrogen) atoms. The molecule has 0 aliphatic carbocycles. The Morgan fingerprint density at radius 3 is 2.95 bits per heavy atom. The summed E-state index contributed by atoms with van der Waals surface area (Å²) in [5.41, 5.74) is 3.63. The molecule has 3 rings (SSSR count). The minimum absolute atomic E-state index is 0.220. The summed E-state index contributed by atoms with van der Waals surface area (Å²) in [6.07, 6.45) is 1.64. The number of nitrogens with zero attached hydrogens (tertiary/aromatic N) is 1. The van der Waals surface area contributed by atoms with Gasteiger partial charge in [0.15, 0.2) is 0 Å². The summed E-state index contributed by atoms with van der Waals surface area (Å²) in [7, 11) is 0. The van der Waals surface area contributed by atoms with Gasteiger partial charge >= 0.3 is 0 Å². The number of hydrogen-bond acceptors (Lipinski definition) is 2.